The quantitative estimate of drug-likeness (QED) is 0.600. The molecule has 0 spiro atoms. The lowest BCUT2D eigenvalue weighted by Crippen LogP contribution is -2.50. The molecule has 2 aliphatic heterocycles. The van der Waals surface area contributed by atoms with Crippen LogP contribution in [0.3, 0.4) is 0 Å². The summed E-state index contributed by atoms with van der Waals surface area (Å²) in [5, 5.41) is 4.28. The molecule has 8 heteroatoms. The Balaban J connectivity index is 1.28. The van der Waals surface area contributed by atoms with Gasteiger partial charge < -0.3 is 14.7 Å². The van der Waals surface area contributed by atoms with Gasteiger partial charge in [-0.15, -0.1) is 0 Å². The summed E-state index contributed by atoms with van der Waals surface area (Å²) in [6.07, 6.45) is 0.773. The minimum absolute atomic E-state index is 0.00498. The van der Waals surface area contributed by atoms with Crippen LogP contribution in [0.25, 0.3) is 0 Å². The number of nitrogens with zero attached hydrogens (tertiary/aromatic N) is 5. The molecule has 2 aliphatic rings. The first-order valence-electron chi connectivity index (χ1n) is 11.6. The van der Waals surface area contributed by atoms with Crippen molar-refractivity contribution in [2.75, 3.05) is 36.0 Å². The van der Waals surface area contributed by atoms with E-state index < -0.39 is 5.56 Å². The molecule has 2 aromatic carbocycles. The molecule has 0 unspecified atom stereocenters. The topological polar surface area (TPSA) is 78.8 Å². The molecule has 0 N–H and O–H groups in total. The van der Waals surface area contributed by atoms with Crippen molar-refractivity contribution in [3.8, 4) is 0 Å². The number of hydrogen-bond acceptors (Lipinski definition) is 5. The van der Waals surface area contributed by atoms with Crippen molar-refractivity contribution < 1.29 is 9.59 Å². The molecule has 0 saturated carbocycles. The van der Waals surface area contributed by atoms with E-state index in [0.717, 1.165) is 41.1 Å². The molecule has 8 nitrogen and oxygen atoms in total. The number of para-hydroxylation sites is 2. The molecule has 174 valence electrons. The third kappa shape index (κ3) is 4.19. The number of aromatic nitrogens is 2. The van der Waals surface area contributed by atoms with E-state index in [2.05, 4.69) is 22.1 Å². The summed E-state index contributed by atoms with van der Waals surface area (Å²) in [6.45, 7) is 4.40. The Morgan fingerprint density at radius 3 is 2.38 bits per heavy atom. The van der Waals surface area contributed by atoms with E-state index in [1.165, 1.54) is 12.1 Å². The predicted octanol–water partition coefficient (Wildman–Crippen LogP) is 2.18. The van der Waals surface area contributed by atoms with Crippen molar-refractivity contribution in [2.45, 2.75) is 25.9 Å². The van der Waals surface area contributed by atoms with Crippen LogP contribution in [-0.4, -0.2) is 58.7 Å². The maximum Gasteiger partial charge on any atom is 0.278 e. The van der Waals surface area contributed by atoms with Gasteiger partial charge in [0.1, 0.15) is 12.2 Å². The molecule has 0 aliphatic carbocycles. The zero-order valence-corrected chi connectivity index (χ0v) is 19.1. The average molecular weight is 458 g/mol. The lowest BCUT2D eigenvalue weighted by molar-refractivity contribution is -0.132. The van der Waals surface area contributed by atoms with Crippen LogP contribution in [0.5, 0.6) is 0 Å². The Bertz CT molecular complexity index is 1260. The minimum Gasteiger partial charge on any atom is -0.368 e. The van der Waals surface area contributed by atoms with Crippen molar-refractivity contribution in [3.63, 3.8) is 0 Å². The zero-order valence-electron chi connectivity index (χ0n) is 19.1. The van der Waals surface area contributed by atoms with Gasteiger partial charge in [-0.05, 0) is 43.2 Å². The van der Waals surface area contributed by atoms with Crippen molar-refractivity contribution in [2.24, 2.45) is 0 Å². The second kappa shape index (κ2) is 9.13. The fraction of sp³-hybridized carbons (Fsp3) is 0.308. The number of rotatable bonds is 4. The summed E-state index contributed by atoms with van der Waals surface area (Å²) in [7, 11) is 0. The molecule has 2 amide bonds. The SMILES string of the molecule is C[C@H]1Cc2ccccc2N1C(=O)c1ccc(=O)n(CC(=O)N2CCN(c3ccccc3)CC2)n1. The van der Waals surface area contributed by atoms with Gasteiger partial charge in [0.25, 0.3) is 11.5 Å². The molecule has 1 fully saturated rings. The van der Waals surface area contributed by atoms with E-state index in [1.807, 2.05) is 49.4 Å². The third-order valence-corrected chi connectivity index (χ3v) is 6.55. The summed E-state index contributed by atoms with van der Waals surface area (Å²) < 4.78 is 1.10. The highest BCUT2D eigenvalue weighted by Crippen LogP contribution is 2.32. The van der Waals surface area contributed by atoms with Crippen molar-refractivity contribution in [1.82, 2.24) is 14.7 Å². The number of anilines is 2. The number of hydrogen-bond donors (Lipinski definition) is 0. The Morgan fingerprint density at radius 2 is 1.62 bits per heavy atom. The van der Waals surface area contributed by atoms with Gasteiger partial charge in [-0.1, -0.05) is 36.4 Å². The van der Waals surface area contributed by atoms with E-state index in [-0.39, 0.29) is 30.1 Å². The fourth-order valence-electron chi connectivity index (χ4n) is 4.76. The summed E-state index contributed by atoms with van der Waals surface area (Å²) in [5.41, 5.74) is 2.87. The molecule has 3 aromatic rings. The molecule has 5 rings (SSSR count). The lowest BCUT2D eigenvalue weighted by atomic mass is 10.1. The highest BCUT2D eigenvalue weighted by atomic mass is 16.2. The molecule has 1 aromatic heterocycles. The van der Waals surface area contributed by atoms with Crippen LogP contribution >= 0.6 is 0 Å². The standard InChI is InChI=1S/C26H27N5O3/c1-19-17-20-7-5-6-10-23(20)31(19)26(34)22-11-12-24(32)30(27-22)18-25(33)29-15-13-28(14-16-29)21-8-3-2-4-9-21/h2-12,19H,13-18H2,1H3/t19-/m0/s1. The fourth-order valence-corrected chi connectivity index (χ4v) is 4.76. The molecule has 0 bridgehead atoms. The monoisotopic (exact) mass is 457 g/mol. The van der Waals surface area contributed by atoms with Crippen LogP contribution in [-0.2, 0) is 17.8 Å². The molecule has 34 heavy (non-hydrogen) atoms. The molecule has 3 heterocycles. The second-order valence-electron chi connectivity index (χ2n) is 8.77. The van der Waals surface area contributed by atoms with Gasteiger partial charge in [0.15, 0.2) is 0 Å². The smallest absolute Gasteiger partial charge is 0.278 e. The number of carbonyl (C=O) groups excluding carboxylic acids is 2. The second-order valence-corrected chi connectivity index (χ2v) is 8.77. The number of piperazine rings is 1. The average Bonchev–Trinajstić information content (AvgIpc) is 3.21. The van der Waals surface area contributed by atoms with Crippen molar-refractivity contribution in [1.29, 1.82) is 0 Å². The van der Waals surface area contributed by atoms with E-state index in [4.69, 9.17) is 0 Å². The van der Waals surface area contributed by atoms with E-state index >= 15 is 0 Å². The van der Waals surface area contributed by atoms with Gasteiger partial charge in [-0.2, -0.15) is 5.10 Å². The van der Waals surface area contributed by atoms with Gasteiger partial charge in [-0.3, -0.25) is 14.4 Å². The summed E-state index contributed by atoms with van der Waals surface area (Å²) in [4.78, 5) is 44.4. The third-order valence-electron chi connectivity index (χ3n) is 6.55. The molecule has 0 radical (unpaired) electrons. The molecular formula is C26H27N5O3. The first kappa shape index (κ1) is 21.9. The number of carbonyl (C=O) groups is 2. The van der Waals surface area contributed by atoms with Crippen LogP contribution in [0.1, 0.15) is 23.0 Å². The van der Waals surface area contributed by atoms with Crippen LogP contribution in [0, 0.1) is 0 Å². The van der Waals surface area contributed by atoms with Gasteiger partial charge in [0, 0.05) is 49.7 Å². The van der Waals surface area contributed by atoms with Crippen molar-refractivity contribution >= 4 is 23.2 Å². The lowest BCUT2D eigenvalue weighted by Gasteiger charge is -2.36. The molecule has 1 atom stereocenters. The Labute approximate surface area is 198 Å². The largest absolute Gasteiger partial charge is 0.368 e. The van der Waals surface area contributed by atoms with Crippen LogP contribution < -0.4 is 15.4 Å². The van der Waals surface area contributed by atoms with E-state index in [9.17, 15) is 14.4 Å². The number of benzene rings is 2. The normalized spacial score (nSPS) is 17.6. The Hall–Kier alpha value is -3.94. The van der Waals surface area contributed by atoms with E-state index in [0.29, 0.717) is 13.1 Å². The summed E-state index contributed by atoms with van der Waals surface area (Å²) >= 11 is 0. The predicted molar refractivity (Wildman–Crippen MR) is 130 cm³/mol. The number of amides is 2. The Kier molecular flexibility index (Phi) is 5.88. The van der Waals surface area contributed by atoms with Gasteiger partial charge in [-0.25, -0.2) is 4.68 Å². The maximum atomic E-state index is 13.3. The van der Waals surface area contributed by atoms with Gasteiger partial charge in [0.05, 0.1) is 0 Å². The van der Waals surface area contributed by atoms with Crippen LogP contribution in [0.15, 0.2) is 71.5 Å². The first-order valence-corrected chi connectivity index (χ1v) is 11.6. The summed E-state index contributed by atoms with van der Waals surface area (Å²) in [6, 6.07) is 20.7. The minimum atomic E-state index is -0.400. The van der Waals surface area contributed by atoms with Crippen LogP contribution in [0.2, 0.25) is 0 Å². The van der Waals surface area contributed by atoms with E-state index in [1.54, 1.807) is 9.80 Å². The van der Waals surface area contributed by atoms with Gasteiger partial charge in [0.2, 0.25) is 5.91 Å². The molecule has 1 saturated heterocycles. The highest BCUT2D eigenvalue weighted by molar-refractivity contribution is 6.06. The maximum absolute atomic E-state index is 13.3. The van der Waals surface area contributed by atoms with Gasteiger partial charge >= 0.3 is 0 Å². The van der Waals surface area contributed by atoms with Crippen molar-refractivity contribution in [3.05, 3.63) is 88.3 Å². The highest BCUT2D eigenvalue weighted by Gasteiger charge is 2.32. The summed E-state index contributed by atoms with van der Waals surface area (Å²) in [5.74, 6) is -0.443. The molecular weight excluding hydrogens is 430 g/mol. The first-order chi connectivity index (χ1) is 16.5. The van der Waals surface area contributed by atoms with Crippen LogP contribution in [0.4, 0.5) is 11.4 Å². The Morgan fingerprint density at radius 1 is 0.912 bits per heavy atom. The zero-order chi connectivity index (χ0) is 23.7. The number of fused-ring (bicyclic) bond motifs is 1.